The maximum absolute atomic E-state index is 13.8. The van der Waals surface area contributed by atoms with Crippen molar-refractivity contribution >= 4 is 17.3 Å². The minimum atomic E-state index is -1.25. The van der Waals surface area contributed by atoms with Gasteiger partial charge in [0.2, 0.25) is 0 Å². The van der Waals surface area contributed by atoms with Gasteiger partial charge in [-0.25, -0.2) is 9.18 Å². The van der Waals surface area contributed by atoms with Crippen molar-refractivity contribution in [1.29, 1.82) is 0 Å². The van der Waals surface area contributed by atoms with Gasteiger partial charge in [-0.2, -0.15) is 0 Å². The molecule has 20 heavy (non-hydrogen) atoms. The second-order valence-corrected chi connectivity index (χ2v) is 5.02. The Balaban J connectivity index is 2.06. The van der Waals surface area contributed by atoms with Crippen LogP contribution in [0.15, 0.2) is 42.5 Å². The van der Waals surface area contributed by atoms with Gasteiger partial charge >= 0.3 is 5.97 Å². The van der Waals surface area contributed by atoms with Crippen LogP contribution in [0.4, 0.5) is 15.8 Å². The van der Waals surface area contributed by atoms with Crippen LogP contribution in [-0.4, -0.2) is 17.1 Å². The Hall–Kier alpha value is -2.36. The Morgan fingerprint density at radius 3 is 2.75 bits per heavy atom. The van der Waals surface area contributed by atoms with Crippen LogP contribution in [-0.2, 0) is 6.42 Å². The fourth-order valence-corrected chi connectivity index (χ4v) is 2.79. The molecule has 0 bridgehead atoms. The van der Waals surface area contributed by atoms with Crippen molar-refractivity contribution in [3.8, 4) is 0 Å². The van der Waals surface area contributed by atoms with Crippen LogP contribution in [0.2, 0.25) is 0 Å². The number of fused-ring (bicyclic) bond motifs is 1. The van der Waals surface area contributed by atoms with Crippen LogP contribution < -0.4 is 4.90 Å². The molecule has 3 nitrogen and oxygen atoms in total. The van der Waals surface area contributed by atoms with Crippen molar-refractivity contribution < 1.29 is 14.3 Å². The van der Waals surface area contributed by atoms with Crippen LogP contribution in [0.25, 0.3) is 0 Å². The molecule has 1 heterocycles. The lowest BCUT2D eigenvalue weighted by Gasteiger charge is -2.25. The second kappa shape index (κ2) is 4.63. The van der Waals surface area contributed by atoms with Crippen molar-refractivity contribution in [3.63, 3.8) is 0 Å². The molecule has 0 aliphatic carbocycles. The van der Waals surface area contributed by atoms with Crippen LogP contribution in [0.3, 0.4) is 0 Å². The number of anilines is 2. The monoisotopic (exact) mass is 271 g/mol. The van der Waals surface area contributed by atoms with E-state index in [0.29, 0.717) is 5.69 Å². The maximum atomic E-state index is 13.8. The minimum absolute atomic E-state index is 0.225. The smallest absolute Gasteiger partial charge is 0.338 e. The van der Waals surface area contributed by atoms with E-state index in [2.05, 4.69) is 13.0 Å². The Labute approximate surface area is 116 Å². The summed E-state index contributed by atoms with van der Waals surface area (Å²) in [5, 5.41) is 8.88. The molecular formula is C16H14FNO2. The van der Waals surface area contributed by atoms with Gasteiger partial charge in [0.25, 0.3) is 0 Å². The first-order chi connectivity index (χ1) is 9.58. The lowest BCUT2D eigenvalue weighted by atomic mass is 10.1. The Morgan fingerprint density at radius 2 is 2.05 bits per heavy atom. The lowest BCUT2D eigenvalue weighted by Crippen LogP contribution is -2.24. The quantitative estimate of drug-likeness (QED) is 0.907. The fourth-order valence-electron chi connectivity index (χ4n) is 2.79. The first-order valence-corrected chi connectivity index (χ1v) is 6.48. The number of benzene rings is 2. The first-order valence-electron chi connectivity index (χ1n) is 6.48. The normalized spacial score (nSPS) is 17.1. The third-order valence-electron chi connectivity index (χ3n) is 3.67. The second-order valence-electron chi connectivity index (χ2n) is 5.02. The van der Waals surface area contributed by atoms with E-state index in [1.165, 1.54) is 17.7 Å². The zero-order valence-electron chi connectivity index (χ0n) is 11.0. The maximum Gasteiger partial charge on any atom is 0.338 e. The molecule has 0 aromatic heterocycles. The molecule has 2 aromatic carbocycles. The highest BCUT2D eigenvalue weighted by atomic mass is 19.1. The van der Waals surface area contributed by atoms with Gasteiger partial charge in [0.15, 0.2) is 0 Å². The predicted molar refractivity (Wildman–Crippen MR) is 75.1 cm³/mol. The number of nitrogens with zero attached hydrogens (tertiary/aromatic N) is 1. The van der Waals surface area contributed by atoms with Gasteiger partial charge in [-0.15, -0.1) is 0 Å². The number of hydrogen-bond acceptors (Lipinski definition) is 2. The van der Waals surface area contributed by atoms with Crippen molar-refractivity contribution in [2.75, 3.05) is 4.90 Å². The molecule has 1 aliphatic rings. The first kappa shape index (κ1) is 12.7. The average molecular weight is 271 g/mol. The van der Waals surface area contributed by atoms with E-state index in [-0.39, 0.29) is 11.6 Å². The summed E-state index contributed by atoms with van der Waals surface area (Å²) in [6.07, 6.45) is 0.901. The number of aromatic carboxylic acids is 1. The number of carbonyl (C=O) groups is 1. The van der Waals surface area contributed by atoms with Gasteiger partial charge in [-0.3, -0.25) is 0 Å². The van der Waals surface area contributed by atoms with Crippen LogP contribution in [0, 0.1) is 5.82 Å². The lowest BCUT2D eigenvalue weighted by molar-refractivity contribution is 0.0692. The Morgan fingerprint density at radius 1 is 1.30 bits per heavy atom. The van der Waals surface area contributed by atoms with Gasteiger partial charge in [-0.1, -0.05) is 18.2 Å². The zero-order valence-corrected chi connectivity index (χ0v) is 11.0. The number of hydrogen-bond donors (Lipinski definition) is 1. The number of carboxylic acids is 1. The largest absolute Gasteiger partial charge is 0.478 e. The molecule has 1 unspecified atom stereocenters. The van der Waals surface area contributed by atoms with E-state index in [4.69, 9.17) is 5.11 Å². The molecule has 0 saturated heterocycles. The van der Waals surface area contributed by atoms with E-state index < -0.39 is 11.8 Å². The van der Waals surface area contributed by atoms with Crippen molar-refractivity contribution in [1.82, 2.24) is 0 Å². The van der Waals surface area contributed by atoms with Crippen LogP contribution >= 0.6 is 0 Å². The number of para-hydroxylation sites is 1. The summed E-state index contributed by atoms with van der Waals surface area (Å²) in [6, 6.07) is 12.5. The molecule has 3 rings (SSSR count). The van der Waals surface area contributed by atoms with Gasteiger partial charge in [-0.05, 0) is 43.2 Å². The van der Waals surface area contributed by atoms with Gasteiger partial charge < -0.3 is 10.0 Å². The number of halogens is 1. The molecule has 0 radical (unpaired) electrons. The van der Waals surface area contributed by atoms with Gasteiger partial charge in [0.05, 0.1) is 5.56 Å². The third-order valence-corrected chi connectivity index (χ3v) is 3.67. The average Bonchev–Trinajstić information content (AvgIpc) is 2.73. The van der Waals surface area contributed by atoms with Crippen LogP contribution in [0.1, 0.15) is 22.8 Å². The highest BCUT2D eigenvalue weighted by Crippen LogP contribution is 2.38. The number of rotatable bonds is 2. The predicted octanol–water partition coefficient (Wildman–Crippen LogP) is 3.61. The molecule has 1 atom stereocenters. The van der Waals surface area contributed by atoms with Crippen molar-refractivity contribution in [2.24, 2.45) is 0 Å². The van der Waals surface area contributed by atoms with Crippen LogP contribution in [0.5, 0.6) is 0 Å². The van der Waals surface area contributed by atoms with Crippen molar-refractivity contribution in [2.45, 2.75) is 19.4 Å². The molecule has 0 amide bonds. The molecule has 0 saturated carbocycles. The van der Waals surface area contributed by atoms with Crippen molar-refractivity contribution in [3.05, 3.63) is 59.4 Å². The van der Waals surface area contributed by atoms with Gasteiger partial charge in [0.1, 0.15) is 5.82 Å². The highest BCUT2D eigenvalue weighted by Gasteiger charge is 2.27. The summed E-state index contributed by atoms with van der Waals surface area (Å²) in [5.74, 6) is -1.95. The van der Waals surface area contributed by atoms with E-state index >= 15 is 0 Å². The minimum Gasteiger partial charge on any atom is -0.478 e. The molecule has 1 aliphatic heterocycles. The summed E-state index contributed by atoms with van der Waals surface area (Å²) in [5.41, 5.74) is 2.67. The van der Waals surface area contributed by atoms with E-state index in [0.717, 1.165) is 12.1 Å². The molecule has 0 fully saturated rings. The molecule has 1 N–H and O–H groups in total. The molecular weight excluding hydrogens is 257 g/mol. The van der Waals surface area contributed by atoms with E-state index in [1.807, 2.05) is 23.1 Å². The molecule has 2 aromatic rings. The van der Waals surface area contributed by atoms with E-state index in [9.17, 15) is 9.18 Å². The molecule has 4 heteroatoms. The SMILES string of the molecule is CC1Cc2ccccc2N1c1ccc(C(=O)O)c(F)c1. The summed E-state index contributed by atoms with van der Waals surface area (Å²) in [6.45, 7) is 2.07. The molecule has 102 valence electrons. The fraction of sp³-hybridized carbons (Fsp3) is 0.188. The highest BCUT2D eigenvalue weighted by molar-refractivity contribution is 5.88. The zero-order chi connectivity index (χ0) is 14.3. The Kier molecular flexibility index (Phi) is 2.93. The number of carboxylic acid groups (broad SMARTS) is 1. The summed E-state index contributed by atoms with van der Waals surface area (Å²) < 4.78 is 13.8. The topological polar surface area (TPSA) is 40.5 Å². The van der Waals surface area contributed by atoms with Gasteiger partial charge in [0, 0.05) is 17.4 Å². The Bertz CT molecular complexity index is 684. The molecule has 0 spiro atoms. The third kappa shape index (κ3) is 1.93. The summed E-state index contributed by atoms with van der Waals surface area (Å²) in [4.78, 5) is 12.9. The standard InChI is InChI=1S/C16H14FNO2/c1-10-8-11-4-2-3-5-15(11)18(10)12-6-7-13(16(19)20)14(17)9-12/h2-7,9-10H,8H2,1H3,(H,19,20). The van der Waals surface area contributed by atoms with E-state index in [1.54, 1.807) is 6.07 Å². The summed E-state index contributed by atoms with van der Waals surface area (Å²) >= 11 is 0. The summed E-state index contributed by atoms with van der Waals surface area (Å²) in [7, 11) is 0.